The Kier molecular flexibility index (Phi) is 4.27. The molecule has 4 nitrogen and oxygen atoms in total. The van der Waals surface area contributed by atoms with Crippen molar-refractivity contribution in [1.82, 2.24) is 4.98 Å². The lowest BCUT2D eigenvalue weighted by atomic mass is 9.96. The highest BCUT2D eigenvalue weighted by Crippen LogP contribution is 2.42. The van der Waals surface area contributed by atoms with Crippen LogP contribution in [0.1, 0.15) is 17.9 Å². The third kappa shape index (κ3) is 3.11. The van der Waals surface area contributed by atoms with Crippen LogP contribution in [0.25, 0.3) is 10.2 Å². The Hall–Kier alpha value is -2.06. The number of aromatic nitrogens is 1. The molecule has 0 bridgehead atoms. The van der Waals surface area contributed by atoms with Crippen LogP contribution in [-0.2, 0) is 5.60 Å². The lowest BCUT2D eigenvalue weighted by Gasteiger charge is -2.28. The highest BCUT2D eigenvalue weighted by atomic mass is 32.1. The van der Waals surface area contributed by atoms with E-state index >= 15 is 0 Å². The van der Waals surface area contributed by atoms with E-state index in [2.05, 4.69) is 10.3 Å². The molecule has 0 amide bonds. The molecule has 0 radical (unpaired) electrons. The van der Waals surface area contributed by atoms with Crippen molar-refractivity contribution in [1.29, 1.82) is 0 Å². The first-order valence-corrected chi connectivity index (χ1v) is 8.07. The maximum Gasteiger partial charge on any atom is 0.424 e. The van der Waals surface area contributed by atoms with Crippen LogP contribution in [0.4, 0.5) is 18.3 Å². The van der Waals surface area contributed by atoms with E-state index in [9.17, 15) is 18.3 Å². The third-order valence-corrected chi connectivity index (χ3v) is 4.67. The van der Waals surface area contributed by atoms with Crippen LogP contribution in [0.5, 0.6) is 0 Å². The molecular formula is C16H15F3N2O2S. The van der Waals surface area contributed by atoms with Crippen LogP contribution in [0.3, 0.4) is 0 Å². The van der Waals surface area contributed by atoms with Gasteiger partial charge in [-0.05, 0) is 31.2 Å². The number of hydrogen-bond donors (Lipinski definition) is 2. The topological polar surface area (TPSA) is 58.3 Å². The number of alkyl halides is 3. The van der Waals surface area contributed by atoms with Crippen LogP contribution in [0.2, 0.25) is 0 Å². The van der Waals surface area contributed by atoms with Gasteiger partial charge in [0.15, 0.2) is 5.13 Å². The first-order valence-electron chi connectivity index (χ1n) is 7.25. The number of benzene rings is 1. The molecule has 3 aromatic rings. The Labute approximate surface area is 139 Å². The maximum absolute atomic E-state index is 13.3. The molecule has 0 spiro atoms. The summed E-state index contributed by atoms with van der Waals surface area (Å²) in [5.74, 6) is -0.189. The van der Waals surface area contributed by atoms with E-state index in [1.54, 1.807) is 0 Å². The first-order chi connectivity index (χ1) is 11.3. The Morgan fingerprint density at radius 1 is 1.21 bits per heavy atom. The van der Waals surface area contributed by atoms with Gasteiger partial charge in [0.25, 0.3) is 0 Å². The molecule has 0 fully saturated rings. The molecule has 1 unspecified atom stereocenters. The lowest BCUT2D eigenvalue weighted by molar-refractivity contribution is -0.274. The fraction of sp³-hybridized carbons (Fsp3) is 0.312. The minimum atomic E-state index is -4.84. The van der Waals surface area contributed by atoms with Crippen molar-refractivity contribution in [3.05, 3.63) is 47.9 Å². The third-order valence-electron chi connectivity index (χ3n) is 3.67. The zero-order chi connectivity index (χ0) is 17.4. The number of rotatable bonds is 5. The monoisotopic (exact) mass is 356 g/mol. The van der Waals surface area contributed by atoms with Gasteiger partial charge in [0.05, 0.1) is 10.2 Å². The van der Waals surface area contributed by atoms with Gasteiger partial charge in [-0.1, -0.05) is 23.5 Å². The first kappa shape index (κ1) is 16.8. The number of para-hydroxylation sites is 1. The molecule has 1 atom stereocenters. The number of anilines is 1. The average Bonchev–Trinajstić information content (AvgIpc) is 3.11. The number of halogens is 3. The summed E-state index contributed by atoms with van der Waals surface area (Å²) in [5.41, 5.74) is -2.26. The quantitative estimate of drug-likeness (QED) is 0.709. The normalized spacial score (nSPS) is 14.7. The molecule has 2 N–H and O–H groups in total. The van der Waals surface area contributed by atoms with Crippen molar-refractivity contribution < 1.29 is 22.7 Å². The van der Waals surface area contributed by atoms with Crippen LogP contribution >= 0.6 is 11.3 Å². The van der Waals surface area contributed by atoms with Crippen molar-refractivity contribution in [3.8, 4) is 0 Å². The van der Waals surface area contributed by atoms with Gasteiger partial charge in [0, 0.05) is 13.0 Å². The zero-order valence-corrected chi connectivity index (χ0v) is 13.5. The van der Waals surface area contributed by atoms with Gasteiger partial charge in [-0.25, -0.2) is 4.98 Å². The summed E-state index contributed by atoms with van der Waals surface area (Å²) in [6, 6.07) is 9.97. The molecule has 0 aliphatic rings. The fourth-order valence-corrected chi connectivity index (χ4v) is 3.25. The number of aryl methyl sites for hydroxylation is 1. The summed E-state index contributed by atoms with van der Waals surface area (Å²) in [6.07, 6.45) is -5.42. The SMILES string of the molecule is Cc1ccc(C(O)(CCNc2nc3ccccc3s2)C(F)(F)F)o1. The Morgan fingerprint density at radius 3 is 2.58 bits per heavy atom. The number of thiazole rings is 1. The predicted octanol–water partition coefficient (Wildman–Crippen LogP) is 4.45. The second-order valence-corrected chi connectivity index (χ2v) is 6.46. The number of nitrogens with one attached hydrogen (secondary N) is 1. The summed E-state index contributed by atoms with van der Waals surface area (Å²) in [5, 5.41) is 13.5. The highest BCUT2D eigenvalue weighted by Gasteiger charge is 2.56. The van der Waals surface area contributed by atoms with Crippen LogP contribution < -0.4 is 5.32 Å². The molecule has 0 aliphatic carbocycles. The van der Waals surface area contributed by atoms with Crippen molar-refractivity contribution in [2.75, 3.05) is 11.9 Å². The largest absolute Gasteiger partial charge is 0.463 e. The summed E-state index contributed by atoms with van der Waals surface area (Å²) in [6.45, 7) is 1.43. The van der Waals surface area contributed by atoms with E-state index in [-0.39, 0.29) is 6.54 Å². The number of hydrogen-bond acceptors (Lipinski definition) is 5. The van der Waals surface area contributed by atoms with Gasteiger partial charge in [-0.2, -0.15) is 13.2 Å². The van der Waals surface area contributed by atoms with E-state index in [0.29, 0.717) is 10.9 Å². The molecule has 0 saturated heterocycles. The summed E-state index contributed by atoms with van der Waals surface area (Å²) in [4.78, 5) is 4.29. The smallest absolute Gasteiger partial charge is 0.424 e. The van der Waals surface area contributed by atoms with Gasteiger partial charge in [0.1, 0.15) is 11.5 Å². The van der Waals surface area contributed by atoms with Gasteiger partial charge in [-0.3, -0.25) is 0 Å². The van der Waals surface area contributed by atoms with E-state index in [1.807, 2.05) is 24.3 Å². The second kappa shape index (κ2) is 6.10. The van der Waals surface area contributed by atoms with E-state index in [4.69, 9.17) is 4.42 Å². The molecule has 0 aliphatic heterocycles. The summed E-state index contributed by atoms with van der Waals surface area (Å²) < 4.78 is 46.0. The number of furan rings is 1. The molecule has 128 valence electrons. The highest BCUT2D eigenvalue weighted by molar-refractivity contribution is 7.22. The van der Waals surface area contributed by atoms with Gasteiger partial charge >= 0.3 is 6.18 Å². The number of fused-ring (bicyclic) bond motifs is 1. The Morgan fingerprint density at radius 2 is 1.96 bits per heavy atom. The number of nitrogens with zero attached hydrogens (tertiary/aromatic N) is 1. The molecule has 2 heterocycles. The lowest BCUT2D eigenvalue weighted by Crippen LogP contribution is -2.43. The summed E-state index contributed by atoms with van der Waals surface area (Å²) >= 11 is 1.35. The maximum atomic E-state index is 13.3. The Balaban J connectivity index is 1.74. The number of aliphatic hydroxyl groups is 1. The predicted molar refractivity (Wildman–Crippen MR) is 86.1 cm³/mol. The molecule has 24 heavy (non-hydrogen) atoms. The van der Waals surface area contributed by atoms with E-state index < -0.39 is 24.0 Å². The van der Waals surface area contributed by atoms with Crippen molar-refractivity contribution in [3.63, 3.8) is 0 Å². The van der Waals surface area contributed by atoms with E-state index in [0.717, 1.165) is 16.3 Å². The van der Waals surface area contributed by atoms with Gasteiger partial charge in [-0.15, -0.1) is 0 Å². The molecule has 2 aromatic heterocycles. The standard InChI is InChI=1S/C16H15F3N2O2S/c1-10-6-7-13(23-10)15(22,16(17,18)19)8-9-20-14-21-11-4-2-3-5-12(11)24-14/h2-7,22H,8-9H2,1H3,(H,20,21). The van der Waals surface area contributed by atoms with Gasteiger partial charge < -0.3 is 14.8 Å². The summed E-state index contributed by atoms with van der Waals surface area (Å²) in [7, 11) is 0. The van der Waals surface area contributed by atoms with Gasteiger partial charge in [0.2, 0.25) is 5.60 Å². The average molecular weight is 356 g/mol. The van der Waals surface area contributed by atoms with Crippen molar-refractivity contribution in [2.45, 2.75) is 25.1 Å². The van der Waals surface area contributed by atoms with E-state index in [1.165, 1.54) is 24.3 Å². The van der Waals surface area contributed by atoms with Crippen molar-refractivity contribution in [2.24, 2.45) is 0 Å². The van der Waals surface area contributed by atoms with Crippen molar-refractivity contribution >= 4 is 26.7 Å². The molecule has 1 aromatic carbocycles. The molecular weight excluding hydrogens is 341 g/mol. The van der Waals surface area contributed by atoms with Crippen LogP contribution in [0.15, 0.2) is 40.8 Å². The molecule has 8 heteroatoms. The van der Waals surface area contributed by atoms with Crippen LogP contribution in [-0.4, -0.2) is 22.8 Å². The Bertz CT molecular complexity index is 810. The minimum absolute atomic E-state index is 0.102. The minimum Gasteiger partial charge on any atom is -0.463 e. The molecule has 3 rings (SSSR count). The molecule has 0 saturated carbocycles. The van der Waals surface area contributed by atoms with Crippen LogP contribution in [0, 0.1) is 6.92 Å². The zero-order valence-electron chi connectivity index (χ0n) is 12.7. The fourth-order valence-electron chi connectivity index (χ4n) is 2.36. The second-order valence-electron chi connectivity index (χ2n) is 5.43.